The summed E-state index contributed by atoms with van der Waals surface area (Å²) in [5.74, 6) is 2.30. The number of hydrogen-bond acceptors (Lipinski definition) is 1. The van der Waals surface area contributed by atoms with Crippen LogP contribution in [0, 0.1) is 0 Å². The van der Waals surface area contributed by atoms with Crippen LogP contribution in [0.25, 0.3) is 0 Å². The van der Waals surface area contributed by atoms with E-state index in [1.165, 1.54) is 38.5 Å². The van der Waals surface area contributed by atoms with Crippen LogP contribution >= 0.6 is 0 Å². The van der Waals surface area contributed by atoms with Crippen LogP contribution in [0.15, 0.2) is 35.8 Å². The van der Waals surface area contributed by atoms with Crippen LogP contribution in [0.2, 0.25) is 0 Å². The minimum Gasteiger partial charge on any atom is -0.466 e. The van der Waals surface area contributed by atoms with Crippen LogP contribution in [0.4, 0.5) is 0 Å². The third-order valence-corrected chi connectivity index (χ3v) is 3.03. The van der Waals surface area contributed by atoms with E-state index in [1.807, 2.05) is 0 Å². The first-order chi connectivity index (χ1) is 7.45. The van der Waals surface area contributed by atoms with Crippen LogP contribution in [-0.4, -0.2) is 0 Å². The van der Waals surface area contributed by atoms with Gasteiger partial charge in [0.2, 0.25) is 0 Å². The zero-order valence-corrected chi connectivity index (χ0v) is 9.37. The van der Waals surface area contributed by atoms with Gasteiger partial charge in [0.15, 0.2) is 0 Å². The molecule has 2 aliphatic rings. The molecule has 2 rings (SSSR count). The second-order valence-corrected chi connectivity index (χ2v) is 4.37. The molecule has 0 aliphatic carbocycles. The van der Waals surface area contributed by atoms with Crippen molar-refractivity contribution >= 4 is 0 Å². The summed E-state index contributed by atoms with van der Waals surface area (Å²) in [5.41, 5.74) is 0. The van der Waals surface area contributed by atoms with Crippen molar-refractivity contribution in [3.05, 3.63) is 35.8 Å². The zero-order valence-electron chi connectivity index (χ0n) is 9.37. The maximum Gasteiger partial charge on any atom is 0.104 e. The fraction of sp³-hybridized carbons (Fsp3) is 0.571. The van der Waals surface area contributed by atoms with E-state index < -0.39 is 0 Å². The van der Waals surface area contributed by atoms with Crippen molar-refractivity contribution in [1.29, 1.82) is 0 Å². The maximum atomic E-state index is 5.90. The van der Waals surface area contributed by atoms with Crippen molar-refractivity contribution < 1.29 is 4.74 Å². The Balaban J connectivity index is 2.02. The topological polar surface area (TPSA) is 9.23 Å². The molecule has 1 nitrogen and oxygen atoms in total. The summed E-state index contributed by atoms with van der Waals surface area (Å²) in [5, 5.41) is 0. The Morgan fingerprint density at radius 2 is 1.13 bits per heavy atom. The summed E-state index contributed by atoms with van der Waals surface area (Å²) in [7, 11) is 0. The van der Waals surface area contributed by atoms with Gasteiger partial charge in [-0.2, -0.15) is 0 Å². The number of hydrogen-bond donors (Lipinski definition) is 0. The Kier molecular flexibility index (Phi) is 4.07. The standard InChI is InChI=1S/C14H20O/c1-2-4-6-10-14-12-8-7-11-13(15-14)9-5-3-1/h7-8,11-12H,1-6,9-10H2. The smallest absolute Gasteiger partial charge is 0.104 e. The summed E-state index contributed by atoms with van der Waals surface area (Å²) in [6.45, 7) is 0. The minimum atomic E-state index is 1.10. The molecule has 2 heterocycles. The van der Waals surface area contributed by atoms with Gasteiger partial charge in [-0.25, -0.2) is 0 Å². The minimum absolute atomic E-state index is 1.10. The highest BCUT2D eigenvalue weighted by Crippen LogP contribution is 2.23. The van der Waals surface area contributed by atoms with Crippen molar-refractivity contribution in [2.24, 2.45) is 0 Å². The van der Waals surface area contributed by atoms with Crippen LogP contribution in [0.1, 0.15) is 51.4 Å². The molecule has 1 fully saturated rings. The summed E-state index contributed by atoms with van der Waals surface area (Å²) < 4.78 is 5.90. The predicted octanol–water partition coefficient (Wildman–Crippen LogP) is 4.48. The lowest BCUT2D eigenvalue weighted by molar-refractivity contribution is 0.274. The molecular formula is C14H20O. The molecule has 1 saturated heterocycles. The van der Waals surface area contributed by atoms with Gasteiger partial charge in [-0.3, -0.25) is 0 Å². The molecule has 15 heavy (non-hydrogen) atoms. The lowest BCUT2D eigenvalue weighted by Gasteiger charge is -2.10. The van der Waals surface area contributed by atoms with Crippen LogP contribution < -0.4 is 0 Å². The molecule has 1 heteroatoms. The van der Waals surface area contributed by atoms with Crippen molar-refractivity contribution in [3.63, 3.8) is 0 Å². The highest BCUT2D eigenvalue weighted by atomic mass is 16.5. The molecule has 0 N–H and O–H groups in total. The lowest BCUT2D eigenvalue weighted by Crippen LogP contribution is -1.92. The lowest BCUT2D eigenvalue weighted by atomic mass is 10.1. The fourth-order valence-corrected chi connectivity index (χ4v) is 2.14. The second kappa shape index (κ2) is 5.79. The Bertz CT molecular complexity index is 256. The SMILES string of the molecule is C1=CC=C2CCCCCCCCC(=C1)O2. The third-order valence-electron chi connectivity index (χ3n) is 3.03. The molecule has 0 aromatic rings. The molecule has 0 atom stereocenters. The molecule has 0 aromatic carbocycles. The molecule has 0 radical (unpaired) electrons. The Hall–Kier alpha value is -0.980. The summed E-state index contributed by atoms with van der Waals surface area (Å²) in [6.07, 6.45) is 18.6. The molecule has 82 valence electrons. The van der Waals surface area contributed by atoms with Crippen molar-refractivity contribution in [1.82, 2.24) is 0 Å². The van der Waals surface area contributed by atoms with E-state index in [0.29, 0.717) is 0 Å². The second-order valence-electron chi connectivity index (χ2n) is 4.37. The van der Waals surface area contributed by atoms with Crippen LogP contribution in [0.3, 0.4) is 0 Å². The van der Waals surface area contributed by atoms with Gasteiger partial charge in [0, 0.05) is 12.8 Å². The van der Waals surface area contributed by atoms with Crippen LogP contribution in [0.5, 0.6) is 0 Å². The average Bonchev–Trinajstić information content (AvgIpc) is 2.49. The Morgan fingerprint density at radius 3 is 1.67 bits per heavy atom. The number of rotatable bonds is 0. The summed E-state index contributed by atoms with van der Waals surface area (Å²) in [6, 6.07) is 0. The quantitative estimate of drug-likeness (QED) is 0.565. The van der Waals surface area contributed by atoms with Gasteiger partial charge < -0.3 is 4.74 Å². The molecule has 0 spiro atoms. The molecule has 0 amide bonds. The van der Waals surface area contributed by atoms with E-state index >= 15 is 0 Å². The van der Waals surface area contributed by atoms with Gasteiger partial charge in [-0.15, -0.1) is 0 Å². The van der Waals surface area contributed by atoms with E-state index in [-0.39, 0.29) is 0 Å². The Morgan fingerprint density at radius 1 is 0.667 bits per heavy atom. The highest BCUT2D eigenvalue weighted by Gasteiger charge is 2.07. The molecular weight excluding hydrogens is 184 g/mol. The normalized spacial score (nSPS) is 22.9. The molecule has 0 aromatic heterocycles. The maximum absolute atomic E-state index is 5.90. The Labute approximate surface area is 92.5 Å². The van der Waals surface area contributed by atoms with E-state index in [9.17, 15) is 0 Å². The van der Waals surface area contributed by atoms with Crippen molar-refractivity contribution in [2.75, 3.05) is 0 Å². The van der Waals surface area contributed by atoms with E-state index in [0.717, 1.165) is 24.4 Å². The third kappa shape index (κ3) is 3.58. The number of allylic oxidation sites excluding steroid dienone is 6. The van der Waals surface area contributed by atoms with Gasteiger partial charge in [0.1, 0.15) is 11.5 Å². The monoisotopic (exact) mass is 204 g/mol. The first-order valence-corrected chi connectivity index (χ1v) is 6.19. The summed E-state index contributed by atoms with van der Waals surface area (Å²) in [4.78, 5) is 0. The number of fused-ring (bicyclic) bond motifs is 2. The van der Waals surface area contributed by atoms with Crippen LogP contribution in [-0.2, 0) is 4.74 Å². The average molecular weight is 204 g/mol. The van der Waals surface area contributed by atoms with Crippen molar-refractivity contribution in [2.45, 2.75) is 51.4 Å². The molecule has 0 unspecified atom stereocenters. The van der Waals surface area contributed by atoms with Crippen molar-refractivity contribution in [3.8, 4) is 0 Å². The molecule has 2 bridgehead atoms. The fourth-order valence-electron chi connectivity index (χ4n) is 2.14. The first kappa shape index (κ1) is 10.5. The van der Waals surface area contributed by atoms with Gasteiger partial charge in [0.25, 0.3) is 0 Å². The largest absolute Gasteiger partial charge is 0.466 e. The summed E-state index contributed by atoms with van der Waals surface area (Å²) >= 11 is 0. The van der Waals surface area contributed by atoms with Gasteiger partial charge in [-0.1, -0.05) is 37.8 Å². The number of ether oxygens (including phenoxy) is 1. The van der Waals surface area contributed by atoms with E-state index in [4.69, 9.17) is 4.74 Å². The first-order valence-electron chi connectivity index (χ1n) is 6.19. The van der Waals surface area contributed by atoms with Gasteiger partial charge >= 0.3 is 0 Å². The molecule has 0 saturated carbocycles. The van der Waals surface area contributed by atoms with E-state index in [2.05, 4.69) is 24.3 Å². The van der Waals surface area contributed by atoms with Gasteiger partial charge in [-0.05, 0) is 25.0 Å². The highest BCUT2D eigenvalue weighted by molar-refractivity contribution is 5.20. The predicted molar refractivity (Wildman–Crippen MR) is 63.3 cm³/mol. The van der Waals surface area contributed by atoms with E-state index in [1.54, 1.807) is 0 Å². The van der Waals surface area contributed by atoms with Gasteiger partial charge in [0.05, 0.1) is 0 Å². The molecule has 2 aliphatic heterocycles. The zero-order chi connectivity index (χ0) is 10.3.